The van der Waals surface area contributed by atoms with Gasteiger partial charge in [0.2, 0.25) is 0 Å². The van der Waals surface area contributed by atoms with E-state index in [9.17, 15) is 0 Å². The number of hydrogen-bond acceptors (Lipinski definition) is 1. The van der Waals surface area contributed by atoms with Gasteiger partial charge in [-0.1, -0.05) is 33.6 Å². The molecule has 1 heteroatoms. The lowest BCUT2D eigenvalue weighted by Gasteiger charge is -2.29. The van der Waals surface area contributed by atoms with Gasteiger partial charge in [-0.3, -0.25) is 0 Å². The third-order valence-corrected chi connectivity index (χ3v) is 3.52. The summed E-state index contributed by atoms with van der Waals surface area (Å²) in [5.74, 6) is 0.880. The Kier molecular flexibility index (Phi) is 4.24. The van der Waals surface area contributed by atoms with E-state index in [-0.39, 0.29) is 0 Å². The van der Waals surface area contributed by atoms with Gasteiger partial charge in [-0.15, -0.1) is 0 Å². The van der Waals surface area contributed by atoms with Crippen molar-refractivity contribution in [3.63, 3.8) is 0 Å². The van der Waals surface area contributed by atoms with Crippen LogP contribution in [0.2, 0.25) is 0 Å². The van der Waals surface area contributed by atoms with Crippen molar-refractivity contribution in [3.05, 3.63) is 0 Å². The van der Waals surface area contributed by atoms with Crippen LogP contribution in [0.1, 0.15) is 59.3 Å². The van der Waals surface area contributed by atoms with Gasteiger partial charge in [0.25, 0.3) is 0 Å². The van der Waals surface area contributed by atoms with Crippen molar-refractivity contribution < 1.29 is 4.74 Å². The van der Waals surface area contributed by atoms with Gasteiger partial charge in [0.1, 0.15) is 0 Å². The van der Waals surface area contributed by atoms with Gasteiger partial charge in [-0.2, -0.15) is 0 Å². The third kappa shape index (κ3) is 2.07. The number of hydrogen-bond donors (Lipinski definition) is 0. The molecule has 0 bridgehead atoms. The zero-order valence-corrected chi connectivity index (χ0v) is 9.44. The second-order valence-corrected chi connectivity index (χ2v) is 4.01. The van der Waals surface area contributed by atoms with Crippen LogP contribution in [0.15, 0.2) is 0 Å². The highest BCUT2D eigenvalue weighted by atomic mass is 16.5. The minimum atomic E-state index is 0.356. The fraction of sp³-hybridized carbons (Fsp3) is 1.00. The molecule has 1 spiro atoms. The van der Waals surface area contributed by atoms with Crippen molar-refractivity contribution in [2.75, 3.05) is 6.61 Å². The van der Waals surface area contributed by atoms with Crippen LogP contribution in [0, 0.1) is 5.92 Å². The predicted octanol–water partition coefficient (Wildman–Crippen LogP) is 3.77. The largest absolute Gasteiger partial charge is 0.375 e. The molecule has 2 rings (SSSR count). The fourth-order valence-corrected chi connectivity index (χ4v) is 2.93. The first-order valence-corrected chi connectivity index (χ1v) is 6.01. The lowest BCUT2D eigenvalue weighted by molar-refractivity contribution is -0.0274. The molecule has 0 N–H and O–H groups in total. The molecule has 2 atom stereocenters. The lowest BCUT2D eigenvalue weighted by atomic mass is 9.86. The van der Waals surface area contributed by atoms with Crippen LogP contribution < -0.4 is 0 Å². The summed E-state index contributed by atoms with van der Waals surface area (Å²) in [5.41, 5.74) is 0.356. The Morgan fingerprint density at radius 2 is 1.92 bits per heavy atom. The van der Waals surface area contributed by atoms with Crippen molar-refractivity contribution in [1.29, 1.82) is 0 Å². The van der Waals surface area contributed by atoms with Crippen molar-refractivity contribution in [2.45, 2.75) is 64.9 Å². The molecule has 0 aromatic carbocycles. The molecule has 2 aliphatic rings. The molecule has 78 valence electrons. The van der Waals surface area contributed by atoms with E-state index in [1.165, 1.54) is 38.5 Å². The normalized spacial score (nSPS) is 37.6. The molecular formula is C12H24O. The molecule has 1 aliphatic heterocycles. The van der Waals surface area contributed by atoms with Gasteiger partial charge in [-0.25, -0.2) is 0 Å². The lowest BCUT2D eigenvalue weighted by Crippen LogP contribution is -2.31. The minimum Gasteiger partial charge on any atom is -0.375 e. The highest BCUT2D eigenvalue weighted by Gasteiger charge is 2.44. The van der Waals surface area contributed by atoms with Crippen molar-refractivity contribution >= 4 is 0 Å². The maximum atomic E-state index is 5.90. The fourth-order valence-electron chi connectivity index (χ4n) is 2.93. The molecule has 1 saturated carbocycles. The Bertz CT molecular complexity index is 131. The summed E-state index contributed by atoms with van der Waals surface area (Å²) in [6.07, 6.45) is 8.11. The summed E-state index contributed by atoms with van der Waals surface area (Å²) in [6, 6.07) is 0. The van der Waals surface area contributed by atoms with Gasteiger partial charge >= 0.3 is 0 Å². The average molecular weight is 184 g/mol. The molecule has 1 nitrogen and oxygen atoms in total. The van der Waals surface area contributed by atoms with Crippen molar-refractivity contribution in [1.82, 2.24) is 0 Å². The van der Waals surface area contributed by atoms with Gasteiger partial charge < -0.3 is 4.74 Å². The first kappa shape index (κ1) is 11.0. The van der Waals surface area contributed by atoms with E-state index < -0.39 is 0 Å². The Balaban J connectivity index is 0.000000396. The summed E-state index contributed by atoms with van der Waals surface area (Å²) in [6.45, 7) is 7.33. The van der Waals surface area contributed by atoms with Crippen LogP contribution in [0.4, 0.5) is 0 Å². The summed E-state index contributed by atoms with van der Waals surface area (Å²) >= 11 is 0. The summed E-state index contributed by atoms with van der Waals surface area (Å²) in [5, 5.41) is 0. The maximum Gasteiger partial charge on any atom is 0.0711 e. The monoisotopic (exact) mass is 184 g/mol. The van der Waals surface area contributed by atoms with E-state index in [1.54, 1.807) is 0 Å². The van der Waals surface area contributed by atoms with Crippen LogP contribution in [0.5, 0.6) is 0 Å². The van der Waals surface area contributed by atoms with E-state index in [4.69, 9.17) is 4.74 Å². The minimum absolute atomic E-state index is 0.356. The summed E-state index contributed by atoms with van der Waals surface area (Å²) in [7, 11) is 0. The van der Waals surface area contributed by atoms with Crippen LogP contribution in [0.25, 0.3) is 0 Å². The summed E-state index contributed by atoms with van der Waals surface area (Å²) in [4.78, 5) is 0. The molecule has 0 aromatic heterocycles. The smallest absolute Gasteiger partial charge is 0.0711 e. The van der Waals surface area contributed by atoms with Crippen molar-refractivity contribution in [2.24, 2.45) is 5.92 Å². The van der Waals surface area contributed by atoms with Crippen LogP contribution in [-0.2, 0) is 4.74 Å². The first-order chi connectivity index (χ1) is 6.37. The standard InChI is InChI=1S/C10H18O.C2H6/c1-2-9-5-3-6-10(9)7-4-8-11-10;1-2/h9H,2-8H2,1H3;1-2H3. The molecule has 1 saturated heterocycles. The highest BCUT2D eigenvalue weighted by molar-refractivity contribution is 4.95. The van der Waals surface area contributed by atoms with Crippen molar-refractivity contribution in [3.8, 4) is 0 Å². The quantitative estimate of drug-likeness (QED) is 0.602. The van der Waals surface area contributed by atoms with Gasteiger partial charge in [0.15, 0.2) is 0 Å². The number of rotatable bonds is 1. The SMILES string of the molecule is CC.CCC1CCCC12CCCO2. The van der Waals surface area contributed by atoms with Gasteiger partial charge in [0, 0.05) is 6.61 Å². The zero-order chi connectivity index (χ0) is 9.73. The van der Waals surface area contributed by atoms with Gasteiger partial charge in [-0.05, 0) is 31.6 Å². The van der Waals surface area contributed by atoms with Gasteiger partial charge in [0.05, 0.1) is 5.60 Å². The molecule has 0 aromatic rings. The topological polar surface area (TPSA) is 9.23 Å². The average Bonchev–Trinajstić information content (AvgIpc) is 2.80. The predicted molar refractivity (Wildman–Crippen MR) is 56.9 cm³/mol. The number of ether oxygens (including phenoxy) is 1. The first-order valence-electron chi connectivity index (χ1n) is 6.01. The van der Waals surface area contributed by atoms with E-state index in [2.05, 4.69) is 6.92 Å². The van der Waals surface area contributed by atoms with E-state index in [0.717, 1.165) is 12.5 Å². The molecule has 2 unspecified atom stereocenters. The van der Waals surface area contributed by atoms with Crippen LogP contribution >= 0.6 is 0 Å². The highest BCUT2D eigenvalue weighted by Crippen LogP contribution is 2.46. The molecule has 0 amide bonds. The Morgan fingerprint density at radius 3 is 2.46 bits per heavy atom. The van der Waals surface area contributed by atoms with E-state index in [0.29, 0.717) is 5.60 Å². The third-order valence-electron chi connectivity index (χ3n) is 3.52. The molecule has 0 radical (unpaired) electrons. The zero-order valence-electron chi connectivity index (χ0n) is 9.44. The second-order valence-electron chi connectivity index (χ2n) is 4.01. The summed E-state index contributed by atoms with van der Waals surface area (Å²) < 4.78 is 5.90. The van der Waals surface area contributed by atoms with Crippen LogP contribution in [0.3, 0.4) is 0 Å². The van der Waals surface area contributed by atoms with Crippen LogP contribution in [-0.4, -0.2) is 12.2 Å². The molecule has 1 aliphatic carbocycles. The molecular weight excluding hydrogens is 160 g/mol. The van der Waals surface area contributed by atoms with E-state index >= 15 is 0 Å². The Labute approximate surface area is 82.9 Å². The maximum absolute atomic E-state index is 5.90. The molecule has 13 heavy (non-hydrogen) atoms. The Morgan fingerprint density at radius 1 is 1.23 bits per heavy atom. The Hall–Kier alpha value is -0.0400. The second kappa shape index (κ2) is 4.99. The van der Waals surface area contributed by atoms with E-state index in [1.807, 2.05) is 13.8 Å². The molecule has 1 heterocycles. The molecule has 2 fully saturated rings.